The van der Waals surface area contributed by atoms with Crippen molar-refractivity contribution < 1.29 is 12.6 Å². The van der Waals surface area contributed by atoms with Gasteiger partial charge < -0.3 is 0 Å². The molecule has 1 fully saturated rings. The van der Waals surface area contributed by atoms with Gasteiger partial charge in [-0.05, 0) is 60.6 Å². The summed E-state index contributed by atoms with van der Waals surface area (Å²) in [6.45, 7) is 0. The summed E-state index contributed by atoms with van der Waals surface area (Å²) >= 11 is 8.84. The highest BCUT2D eigenvalue weighted by Gasteiger charge is 2.39. The van der Waals surface area contributed by atoms with Crippen LogP contribution in [-0.2, 0) is 14.3 Å². The van der Waals surface area contributed by atoms with E-state index in [0.29, 0.717) is 0 Å². The molecule has 0 bridgehead atoms. The zero-order valence-electron chi connectivity index (χ0n) is 7.38. The van der Waals surface area contributed by atoms with Crippen molar-refractivity contribution in [3.8, 4) is 0 Å². The van der Waals surface area contributed by atoms with Crippen LogP contribution >= 0.6 is 47.8 Å². The molecule has 7 heteroatoms. The van der Waals surface area contributed by atoms with Crippen LogP contribution in [0.25, 0.3) is 0 Å². The average Bonchev–Trinajstić information content (AvgIpc) is 2.03. The lowest BCUT2D eigenvalue weighted by molar-refractivity contribution is 0.163. The molecule has 0 heterocycles. The van der Waals surface area contributed by atoms with Crippen molar-refractivity contribution in [1.82, 2.24) is 0 Å². The van der Waals surface area contributed by atoms with Crippen LogP contribution in [0.1, 0.15) is 32.1 Å². The molecular formula is C7H11Br3O3S. The number of hydrogen-bond donors (Lipinski definition) is 0. The third kappa shape index (κ3) is 3.73. The second-order valence-electron chi connectivity index (χ2n) is 3.26. The summed E-state index contributed by atoms with van der Waals surface area (Å²) in [4.78, 5) is 0. The minimum Gasteiger partial charge on any atom is -0.264 e. The van der Waals surface area contributed by atoms with Gasteiger partial charge in [0.1, 0.15) is 0 Å². The Labute approximate surface area is 109 Å². The molecular weight excluding hydrogens is 404 g/mol. The lowest BCUT2D eigenvalue weighted by atomic mass is 9.98. The molecule has 0 aromatic rings. The highest BCUT2D eigenvalue weighted by molar-refractivity contribution is 9.42. The lowest BCUT2D eigenvalue weighted by Crippen LogP contribution is -2.28. The molecule has 1 aliphatic carbocycles. The molecule has 1 aliphatic rings. The van der Waals surface area contributed by atoms with E-state index in [1.807, 2.05) is 0 Å². The highest BCUT2D eigenvalue weighted by atomic mass is 80.0. The SMILES string of the molecule is O=S(=O)(OC1CCCCC1)C(Br)(Br)Br. The topological polar surface area (TPSA) is 43.4 Å². The van der Waals surface area contributed by atoms with E-state index < -0.39 is 11.6 Å². The number of hydrogen-bond acceptors (Lipinski definition) is 3. The molecule has 0 radical (unpaired) electrons. The van der Waals surface area contributed by atoms with E-state index in [0.717, 1.165) is 25.7 Å². The van der Waals surface area contributed by atoms with Gasteiger partial charge in [0.25, 0.3) is 1.47 Å². The summed E-state index contributed by atoms with van der Waals surface area (Å²) < 4.78 is 26.8. The second kappa shape index (κ2) is 5.12. The molecule has 0 atom stereocenters. The molecule has 84 valence electrons. The third-order valence-corrected chi connectivity index (χ3v) is 6.76. The molecule has 0 aromatic carbocycles. The fourth-order valence-corrected chi connectivity index (χ4v) is 2.74. The van der Waals surface area contributed by atoms with Gasteiger partial charge in [-0.2, -0.15) is 8.42 Å². The summed E-state index contributed by atoms with van der Waals surface area (Å²) in [7, 11) is -3.65. The maximum absolute atomic E-state index is 11.6. The number of rotatable bonds is 2. The molecule has 0 unspecified atom stereocenters. The quantitative estimate of drug-likeness (QED) is 0.513. The van der Waals surface area contributed by atoms with Crippen molar-refractivity contribution >= 4 is 57.9 Å². The largest absolute Gasteiger partial charge is 0.304 e. The molecule has 1 saturated carbocycles. The third-order valence-electron chi connectivity index (χ3n) is 2.10. The fourth-order valence-electron chi connectivity index (χ4n) is 1.40. The number of alkyl halides is 3. The Kier molecular flexibility index (Phi) is 4.91. The van der Waals surface area contributed by atoms with E-state index >= 15 is 0 Å². The van der Waals surface area contributed by atoms with E-state index in [-0.39, 0.29) is 6.10 Å². The van der Waals surface area contributed by atoms with Crippen LogP contribution in [-0.4, -0.2) is 16.0 Å². The van der Waals surface area contributed by atoms with Crippen molar-refractivity contribution in [2.24, 2.45) is 0 Å². The summed E-state index contributed by atoms with van der Waals surface area (Å²) in [6.07, 6.45) is 4.73. The van der Waals surface area contributed by atoms with Crippen LogP contribution in [0.2, 0.25) is 0 Å². The first-order chi connectivity index (χ1) is 6.33. The van der Waals surface area contributed by atoms with Crippen LogP contribution in [0.3, 0.4) is 0 Å². The Morgan fingerprint density at radius 1 is 1.07 bits per heavy atom. The standard InChI is InChI=1S/C7H11Br3O3S/c8-7(9,10)14(11,12)13-6-4-2-1-3-5-6/h6H,1-5H2. The first kappa shape index (κ1) is 13.4. The van der Waals surface area contributed by atoms with Crippen molar-refractivity contribution in [2.45, 2.75) is 39.7 Å². The first-order valence-corrected chi connectivity index (χ1v) is 8.11. The van der Waals surface area contributed by atoms with Crippen LogP contribution in [0.15, 0.2) is 0 Å². The van der Waals surface area contributed by atoms with Gasteiger partial charge in [0, 0.05) is 0 Å². The Morgan fingerprint density at radius 2 is 1.57 bits per heavy atom. The van der Waals surface area contributed by atoms with Gasteiger partial charge in [-0.25, -0.2) is 0 Å². The van der Waals surface area contributed by atoms with Gasteiger partial charge in [-0.15, -0.1) is 0 Å². The predicted octanol–water partition coefficient (Wildman–Crippen LogP) is 3.46. The van der Waals surface area contributed by atoms with Crippen LogP contribution in [0, 0.1) is 0 Å². The molecule has 0 amide bonds. The smallest absolute Gasteiger partial charge is 0.264 e. The van der Waals surface area contributed by atoms with E-state index in [9.17, 15) is 8.42 Å². The van der Waals surface area contributed by atoms with E-state index in [1.165, 1.54) is 6.42 Å². The zero-order chi connectivity index (χ0) is 10.8. The molecule has 0 saturated heterocycles. The normalized spacial score (nSPS) is 21.1. The van der Waals surface area contributed by atoms with Crippen molar-refractivity contribution in [2.75, 3.05) is 0 Å². The van der Waals surface area contributed by atoms with Crippen molar-refractivity contribution in [3.63, 3.8) is 0 Å². The molecule has 0 aromatic heterocycles. The fraction of sp³-hybridized carbons (Fsp3) is 1.00. The van der Waals surface area contributed by atoms with Gasteiger partial charge >= 0.3 is 10.1 Å². The average molecular weight is 415 g/mol. The van der Waals surface area contributed by atoms with Gasteiger partial charge in [0.2, 0.25) is 0 Å². The molecule has 0 N–H and O–H groups in total. The van der Waals surface area contributed by atoms with Crippen molar-refractivity contribution in [3.05, 3.63) is 0 Å². The van der Waals surface area contributed by atoms with Gasteiger partial charge in [-0.1, -0.05) is 19.3 Å². The van der Waals surface area contributed by atoms with Crippen molar-refractivity contribution in [1.29, 1.82) is 0 Å². The van der Waals surface area contributed by atoms with E-state index in [4.69, 9.17) is 4.18 Å². The molecule has 1 rings (SSSR count). The van der Waals surface area contributed by atoms with Crippen LogP contribution in [0.4, 0.5) is 0 Å². The Hall–Kier alpha value is 1.35. The first-order valence-electron chi connectivity index (χ1n) is 4.32. The summed E-state index contributed by atoms with van der Waals surface area (Å²) in [5, 5.41) is 0. The van der Waals surface area contributed by atoms with Gasteiger partial charge in [0.05, 0.1) is 6.10 Å². The summed E-state index contributed by atoms with van der Waals surface area (Å²) in [6, 6.07) is 0. The second-order valence-corrected chi connectivity index (χ2v) is 13.3. The predicted molar refractivity (Wildman–Crippen MR) is 66.4 cm³/mol. The molecule has 14 heavy (non-hydrogen) atoms. The molecule has 0 spiro atoms. The number of halogens is 3. The van der Waals surface area contributed by atoms with E-state index in [2.05, 4.69) is 47.8 Å². The maximum Gasteiger partial charge on any atom is 0.304 e. The Balaban J connectivity index is 2.58. The molecule has 3 nitrogen and oxygen atoms in total. The molecule has 0 aliphatic heterocycles. The van der Waals surface area contributed by atoms with E-state index in [1.54, 1.807) is 0 Å². The lowest BCUT2D eigenvalue weighted by Gasteiger charge is -2.23. The highest BCUT2D eigenvalue weighted by Crippen LogP contribution is 2.41. The minimum atomic E-state index is -3.65. The monoisotopic (exact) mass is 412 g/mol. The Morgan fingerprint density at radius 3 is 2.00 bits per heavy atom. The van der Waals surface area contributed by atoms with Gasteiger partial charge in [0.15, 0.2) is 0 Å². The van der Waals surface area contributed by atoms with Gasteiger partial charge in [-0.3, -0.25) is 4.18 Å². The Bertz CT molecular complexity index is 277. The van der Waals surface area contributed by atoms with Crippen LogP contribution < -0.4 is 0 Å². The zero-order valence-corrected chi connectivity index (χ0v) is 13.0. The minimum absolute atomic E-state index is 0.166. The van der Waals surface area contributed by atoms with Crippen LogP contribution in [0.5, 0.6) is 0 Å². The maximum atomic E-state index is 11.6. The summed E-state index contributed by atoms with van der Waals surface area (Å²) in [5.41, 5.74) is 0. The summed E-state index contributed by atoms with van der Waals surface area (Å²) in [5.74, 6) is 0.